The van der Waals surface area contributed by atoms with Crippen molar-refractivity contribution in [3.63, 3.8) is 0 Å². The molecule has 2 aromatic carbocycles. The largest absolute Gasteiger partial charge is 0.348 e. The van der Waals surface area contributed by atoms with Crippen LogP contribution in [0.15, 0.2) is 60.7 Å². The van der Waals surface area contributed by atoms with Crippen LogP contribution in [0.25, 0.3) is 5.57 Å². The van der Waals surface area contributed by atoms with E-state index in [1.54, 1.807) is 6.08 Å². The Morgan fingerprint density at radius 1 is 0.929 bits per heavy atom. The van der Waals surface area contributed by atoms with Crippen LogP contribution >= 0.6 is 0 Å². The van der Waals surface area contributed by atoms with Crippen molar-refractivity contribution in [3.8, 4) is 0 Å². The van der Waals surface area contributed by atoms with Crippen LogP contribution < -0.4 is 5.32 Å². The van der Waals surface area contributed by atoms with E-state index in [4.69, 9.17) is 0 Å². The van der Waals surface area contributed by atoms with E-state index < -0.39 is 0 Å². The average molecular weight is 377 g/mol. The first-order valence-corrected chi connectivity index (χ1v) is 9.61. The quantitative estimate of drug-likeness (QED) is 0.816. The molecule has 2 amide bonds. The Kier molecular flexibility index (Phi) is 6.61. The van der Waals surface area contributed by atoms with Crippen molar-refractivity contribution in [2.24, 2.45) is 0 Å². The fraction of sp³-hybridized carbons (Fsp3) is 0.304. The molecule has 1 saturated heterocycles. The van der Waals surface area contributed by atoms with E-state index in [9.17, 15) is 9.59 Å². The monoisotopic (exact) mass is 377 g/mol. The van der Waals surface area contributed by atoms with Crippen LogP contribution in [0.1, 0.15) is 28.4 Å². The Bertz CT molecular complexity index is 836. The molecular formula is C23H27N3O2. The third-order valence-electron chi connectivity index (χ3n) is 5.03. The second-order valence-corrected chi connectivity index (χ2v) is 7.20. The molecule has 0 aromatic heterocycles. The van der Waals surface area contributed by atoms with Gasteiger partial charge in [-0.05, 0) is 42.8 Å². The lowest BCUT2D eigenvalue weighted by Gasteiger charge is -2.32. The maximum Gasteiger partial charge on any atom is 0.253 e. The molecule has 146 valence electrons. The maximum atomic E-state index is 12.6. The minimum atomic E-state index is -0.126. The molecule has 0 unspecified atom stereocenters. The predicted molar refractivity (Wildman–Crippen MR) is 112 cm³/mol. The zero-order valence-electron chi connectivity index (χ0n) is 16.5. The van der Waals surface area contributed by atoms with Crippen LogP contribution in [0, 0.1) is 0 Å². The van der Waals surface area contributed by atoms with Gasteiger partial charge in [-0.1, -0.05) is 42.5 Å². The minimum Gasteiger partial charge on any atom is -0.348 e. The number of rotatable bonds is 5. The number of hydrogen-bond donors (Lipinski definition) is 1. The molecule has 1 aliphatic heterocycles. The van der Waals surface area contributed by atoms with E-state index in [0.29, 0.717) is 12.1 Å². The van der Waals surface area contributed by atoms with Crippen LogP contribution in [0.2, 0.25) is 0 Å². The average Bonchev–Trinajstić information content (AvgIpc) is 2.73. The summed E-state index contributed by atoms with van der Waals surface area (Å²) in [5, 5.41) is 2.90. The Balaban J connectivity index is 1.53. The highest BCUT2D eigenvalue weighted by Crippen LogP contribution is 2.13. The van der Waals surface area contributed by atoms with E-state index in [2.05, 4.69) is 17.3 Å². The van der Waals surface area contributed by atoms with E-state index in [0.717, 1.165) is 42.9 Å². The van der Waals surface area contributed by atoms with Crippen molar-refractivity contribution in [1.82, 2.24) is 15.1 Å². The molecule has 1 aliphatic rings. The van der Waals surface area contributed by atoms with Gasteiger partial charge in [-0.3, -0.25) is 9.59 Å². The normalized spacial score (nSPS) is 15.4. The van der Waals surface area contributed by atoms with E-state index in [-0.39, 0.29) is 11.8 Å². The number of carbonyl (C=O) groups excluding carboxylic acids is 2. The van der Waals surface area contributed by atoms with Crippen LogP contribution in [0.3, 0.4) is 0 Å². The Hall–Kier alpha value is -2.92. The Labute approximate surface area is 166 Å². The predicted octanol–water partition coefficient (Wildman–Crippen LogP) is 2.79. The topological polar surface area (TPSA) is 52.7 Å². The molecule has 0 spiro atoms. The van der Waals surface area contributed by atoms with E-state index in [1.165, 1.54) is 0 Å². The SMILES string of the molecule is CC(=CC(=O)NCc1ccc(C(=O)N2CCN(C)CC2)cc1)c1ccccc1. The molecule has 5 nitrogen and oxygen atoms in total. The first-order chi connectivity index (χ1) is 13.5. The second-order valence-electron chi connectivity index (χ2n) is 7.20. The number of carbonyl (C=O) groups is 2. The zero-order chi connectivity index (χ0) is 19.9. The summed E-state index contributed by atoms with van der Waals surface area (Å²) in [4.78, 5) is 28.8. The van der Waals surface area contributed by atoms with Gasteiger partial charge in [0.05, 0.1) is 0 Å². The fourth-order valence-electron chi connectivity index (χ4n) is 3.18. The standard InChI is InChI=1S/C23H27N3O2/c1-18(20-6-4-3-5-7-20)16-22(27)24-17-19-8-10-21(11-9-19)23(28)26-14-12-25(2)13-15-26/h3-11,16H,12-15,17H2,1-2H3,(H,24,27). The van der Waals surface area contributed by atoms with Gasteiger partial charge in [-0.25, -0.2) is 0 Å². The van der Waals surface area contributed by atoms with Gasteiger partial charge >= 0.3 is 0 Å². The summed E-state index contributed by atoms with van der Waals surface area (Å²) in [6, 6.07) is 17.3. The van der Waals surface area contributed by atoms with Crippen LogP contribution in [-0.4, -0.2) is 54.8 Å². The number of amides is 2. The summed E-state index contributed by atoms with van der Waals surface area (Å²) in [6.07, 6.45) is 1.61. The van der Waals surface area contributed by atoms with Gasteiger partial charge in [0.2, 0.25) is 5.91 Å². The fourth-order valence-corrected chi connectivity index (χ4v) is 3.18. The molecule has 28 heavy (non-hydrogen) atoms. The maximum absolute atomic E-state index is 12.6. The number of nitrogens with one attached hydrogen (secondary N) is 1. The van der Waals surface area contributed by atoms with Gasteiger partial charge < -0.3 is 15.1 Å². The minimum absolute atomic E-state index is 0.0742. The molecule has 3 rings (SSSR count). The number of piperazine rings is 1. The highest BCUT2D eigenvalue weighted by Gasteiger charge is 2.20. The van der Waals surface area contributed by atoms with Crippen LogP contribution in [0.4, 0.5) is 0 Å². The summed E-state index contributed by atoms with van der Waals surface area (Å²) in [5.41, 5.74) is 3.61. The van der Waals surface area contributed by atoms with Crippen LogP contribution in [0.5, 0.6) is 0 Å². The number of allylic oxidation sites excluding steroid dienone is 1. The lowest BCUT2D eigenvalue weighted by atomic mass is 10.1. The lowest BCUT2D eigenvalue weighted by molar-refractivity contribution is -0.116. The highest BCUT2D eigenvalue weighted by molar-refractivity contribution is 5.95. The smallest absolute Gasteiger partial charge is 0.253 e. The molecule has 0 atom stereocenters. The lowest BCUT2D eigenvalue weighted by Crippen LogP contribution is -2.47. The molecule has 1 heterocycles. The summed E-state index contributed by atoms with van der Waals surface area (Å²) in [6.45, 7) is 5.70. The molecule has 5 heteroatoms. The zero-order valence-corrected chi connectivity index (χ0v) is 16.5. The third kappa shape index (κ3) is 5.30. The molecule has 2 aromatic rings. The van der Waals surface area contributed by atoms with Gasteiger partial charge in [-0.2, -0.15) is 0 Å². The number of hydrogen-bond acceptors (Lipinski definition) is 3. The summed E-state index contributed by atoms with van der Waals surface area (Å²) in [5.74, 6) is -0.0518. The van der Waals surface area contributed by atoms with Crippen molar-refractivity contribution >= 4 is 17.4 Å². The third-order valence-corrected chi connectivity index (χ3v) is 5.03. The molecule has 1 fully saturated rings. The summed E-state index contributed by atoms with van der Waals surface area (Å²) < 4.78 is 0. The Morgan fingerprint density at radius 2 is 1.57 bits per heavy atom. The van der Waals surface area contributed by atoms with E-state index >= 15 is 0 Å². The highest BCUT2D eigenvalue weighted by atomic mass is 16.2. The Morgan fingerprint density at radius 3 is 2.21 bits per heavy atom. The number of nitrogens with zero attached hydrogens (tertiary/aromatic N) is 2. The van der Waals surface area contributed by atoms with Gasteiger partial charge in [0, 0.05) is 44.4 Å². The summed E-state index contributed by atoms with van der Waals surface area (Å²) >= 11 is 0. The van der Waals surface area contributed by atoms with E-state index in [1.807, 2.05) is 66.4 Å². The van der Waals surface area contributed by atoms with Crippen molar-refractivity contribution in [2.75, 3.05) is 33.2 Å². The van der Waals surface area contributed by atoms with Crippen molar-refractivity contribution in [2.45, 2.75) is 13.5 Å². The number of likely N-dealkylation sites (N-methyl/N-ethyl adjacent to an activating group) is 1. The molecule has 0 radical (unpaired) electrons. The van der Waals surface area contributed by atoms with Crippen LogP contribution in [-0.2, 0) is 11.3 Å². The molecule has 0 saturated carbocycles. The number of benzene rings is 2. The van der Waals surface area contributed by atoms with Gasteiger partial charge in [0.15, 0.2) is 0 Å². The molecule has 0 bridgehead atoms. The second kappa shape index (κ2) is 9.33. The first kappa shape index (κ1) is 19.8. The first-order valence-electron chi connectivity index (χ1n) is 9.61. The molecule has 0 aliphatic carbocycles. The van der Waals surface area contributed by atoms with Crippen molar-refractivity contribution in [3.05, 3.63) is 77.4 Å². The molecular weight excluding hydrogens is 350 g/mol. The molecule has 1 N–H and O–H groups in total. The van der Waals surface area contributed by atoms with Gasteiger partial charge in [0.25, 0.3) is 5.91 Å². The summed E-state index contributed by atoms with van der Waals surface area (Å²) in [7, 11) is 2.07. The van der Waals surface area contributed by atoms with Crippen molar-refractivity contribution < 1.29 is 9.59 Å². The van der Waals surface area contributed by atoms with Gasteiger partial charge in [-0.15, -0.1) is 0 Å². The van der Waals surface area contributed by atoms with Gasteiger partial charge in [0.1, 0.15) is 0 Å². The van der Waals surface area contributed by atoms with Crippen molar-refractivity contribution in [1.29, 1.82) is 0 Å².